The van der Waals surface area contributed by atoms with Crippen molar-refractivity contribution in [2.75, 3.05) is 27.2 Å². The molecular weight excluding hydrogens is 430 g/mol. The van der Waals surface area contributed by atoms with E-state index in [1.54, 1.807) is 0 Å². The third-order valence-corrected chi connectivity index (χ3v) is 6.73. The van der Waals surface area contributed by atoms with Crippen molar-refractivity contribution in [2.24, 2.45) is 0 Å². The fourth-order valence-electron chi connectivity index (χ4n) is 4.52. The van der Waals surface area contributed by atoms with Crippen LogP contribution in [0.15, 0.2) is 0 Å². The summed E-state index contributed by atoms with van der Waals surface area (Å²) in [6.07, 6.45) is 32.0. The lowest BCUT2D eigenvalue weighted by molar-refractivity contribution is -0.890. The largest absolute Gasteiger partial charge is 1.00 e. The minimum absolute atomic E-state index is 0. The van der Waals surface area contributed by atoms with E-state index in [4.69, 9.17) is 0 Å². The lowest BCUT2D eigenvalue weighted by Gasteiger charge is -2.30. The second-order valence-electron chi connectivity index (χ2n) is 10.5. The van der Waals surface area contributed by atoms with E-state index in [1.807, 2.05) is 0 Å². The van der Waals surface area contributed by atoms with Crippen LogP contribution in [-0.2, 0) is 0 Å². The third-order valence-electron chi connectivity index (χ3n) is 6.73. The molecule has 0 aliphatic carbocycles. The molecule has 0 heterocycles. The van der Waals surface area contributed by atoms with Gasteiger partial charge < -0.3 is 21.5 Å². The van der Waals surface area contributed by atoms with Crippen LogP contribution in [0.5, 0.6) is 0 Å². The first kappa shape index (κ1) is 32.6. The molecule has 0 bridgehead atoms. The van der Waals surface area contributed by atoms with Gasteiger partial charge in [-0.3, -0.25) is 0 Å². The first-order valence-electron chi connectivity index (χ1n) is 13.9. The zero-order chi connectivity index (χ0) is 21.5. The number of nitrogens with zero attached hydrogens (tertiary/aromatic N) is 1. The molecule has 0 N–H and O–H groups in total. The zero-order valence-corrected chi connectivity index (χ0v) is 23.4. The minimum atomic E-state index is 0. The molecule has 30 heavy (non-hydrogen) atoms. The van der Waals surface area contributed by atoms with Crippen molar-refractivity contribution in [3.05, 3.63) is 0 Å². The number of halogens is 1. The fourth-order valence-corrected chi connectivity index (χ4v) is 4.52. The third kappa shape index (κ3) is 26.5. The second-order valence-corrected chi connectivity index (χ2v) is 10.5. The molecule has 0 saturated heterocycles. The van der Waals surface area contributed by atoms with E-state index in [0.717, 1.165) is 0 Å². The Balaban J connectivity index is 0. The fraction of sp³-hybridized carbons (Fsp3) is 1.00. The summed E-state index contributed by atoms with van der Waals surface area (Å²) in [6, 6.07) is 0. The van der Waals surface area contributed by atoms with Crippen LogP contribution >= 0.6 is 0 Å². The Bertz CT molecular complexity index is 303. The Hall–Kier alpha value is 0.440. The maximum atomic E-state index is 2.45. The number of rotatable bonds is 24. The molecule has 0 aromatic rings. The first-order chi connectivity index (χ1) is 14.1. The minimum Gasteiger partial charge on any atom is -1.00 e. The molecule has 0 aromatic heterocycles. The van der Waals surface area contributed by atoms with Crippen LogP contribution in [0.25, 0.3) is 0 Å². The molecule has 2 heteroatoms. The highest BCUT2D eigenvalue weighted by Gasteiger charge is 2.13. The number of hydrogen-bond donors (Lipinski definition) is 0. The normalized spacial score (nSPS) is 11.6. The van der Waals surface area contributed by atoms with Crippen LogP contribution in [0.4, 0.5) is 0 Å². The Morgan fingerprint density at radius 3 is 0.767 bits per heavy atom. The van der Waals surface area contributed by atoms with E-state index in [2.05, 4.69) is 27.9 Å². The van der Waals surface area contributed by atoms with Crippen molar-refractivity contribution in [1.29, 1.82) is 0 Å². The summed E-state index contributed by atoms with van der Waals surface area (Å²) in [7, 11) is 4.90. The van der Waals surface area contributed by atoms with Crippen LogP contribution in [0.1, 0.15) is 155 Å². The van der Waals surface area contributed by atoms with Gasteiger partial charge >= 0.3 is 0 Å². The number of hydrogen-bond acceptors (Lipinski definition) is 0. The Morgan fingerprint density at radius 1 is 0.333 bits per heavy atom. The molecular formula is C28H60BrN. The molecule has 0 rings (SSSR count). The lowest BCUT2D eigenvalue weighted by atomic mass is 10.0. The van der Waals surface area contributed by atoms with Gasteiger partial charge in [-0.05, 0) is 25.7 Å². The maximum absolute atomic E-state index is 2.45. The summed E-state index contributed by atoms with van der Waals surface area (Å²) in [5.41, 5.74) is 0. The van der Waals surface area contributed by atoms with E-state index < -0.39 is 0 Å². The smallest absolute Gasteiger partial charge is 0.0782 e. The lowest BCUT2D eigenvalue weighted by Crippen LogP contribution is -3.00. The van der Waals surface area contributed by atoms with E-state index in [-0.39, 0.29) is 17.0 Å². The van der Waals surface area contributed by atoms with Gasteiger partial charge in [0.15, 0.2) is 0 Å². The molecule has 0 unspecified atom stereocenters. The molecule has 0 aliphatic heterocycles. The van der Waals surface area contributed by atoms with Gasteiger partial charge in [0.25, 0.3) is 0 Å². The highest BCUT2D eigenvalue weighted by molar-refractivity contribution is 4.50. The summed E-state index contributed by atoms with van der Waals surface area (Å²) < 4.78 is 1.24. The van der Waals surface area contributed by atoms with Gasteiger partial charge in [0.05, 0.1) is 27.2 Å². The van der Waals surface area contributed by atoms with Crippen molar-refractivity contribution in [3.63, 3.8) is 0 Å². The van der Waals surface area contributed by atoms with Crippen molar-refractivity contribution in [2.45, 2.75) is 155 Å². The molecule has 0 aliphatic rings. The summed E-state index contributed by atoms with van der Waals surface area (Å²) in [4.78, 5) is 0. The first-order valence-corrected chi connectivity index (χ1v) is 13.9. The average Bonchev–Trinajstić information content (AvgIpc) is 2.70. The SMILES string of the molecule is CCCCCCCCCCCCCC[N+](C)(C)CCCCCCCCCCCC.[Br-]. The van der Waals surface area contributed by atoms with Crippen molar-refractivity contribution < 1.29 is 21.5 Å². The van der Waals surface area contributed by atoms with Crippen molar-refractivity contribution >= 4 is 0 Å². The standard InChI is InChI=1S/C28H60N.BrH/c1-5-7-9-11-13-15-17-18-20-22-24-26-28-29(3,4)27-25-23-21-19-16-14-12-10-8-6-2;/h5-28H2,1-4H3;1H/q+1;/p-1. The summed E-state index contributed by atoms with van der Waals surface area (Å²) >= 11 is 0. The van der Waals surface area contributed by atoms with Crippen molar-refractivity contribution in [1.82, 2.24) is 0 Å². The quantitative estimate of drug-likeness (QED) is 0.104. The van der Waals surface area contributed by atoms with Gasteiger partial charge in [0.1, 0.15) is 0 Å². The monoisotopic (exact) mass is 489 g/mol. The van der Waals surface area contributed by atoms with E-state index in [9.17, 15) is 0 Å². The summed E-state index contributed by atoms with van der Waals surface area (Å²) in [5.74, 6) is 0. The van der Waals surface area contributed by atoms with E-state index in [1.165, 1.54) is 159 Å². The van der Waals surface area contributed by atoms with Gasteiger partial charge in [-0.25, -0.2) is 0 Å². The van der Waals surface area contributed by atoms with E-state index in [0.29, 0.717) is 0 Å². The zero-order valence-electron chi connectivity index (χ0n) is 21.8. The molecule has 184 valence electrons. The number of unbranched alkanes of at least 4 members (excludes halogenated alkanes) is 20. The van der Waals surface area contributed by atoms with Gasteiger partial charge in [-0.1, -0.05) is 129 Å². The molecule has 0 radical (unpaired) electrons. The van der Waals surface area contributed by atoms with Crippen LogP contribution < -0.4 is 17.0 Å². The van der Waals surface area contributed by atoms with Gasteiger partial charge in [0.2, 0.25) is 0 Å². The van der Waals surface area contributed by atoms with Gasteiger partial charge in [-0.2, -0.15) is 0 Å². The molecule has 0 saturated carbocycles. The topological polar surface area (TPSA) is 0 Å². The maximum Gasteiger partial charge on any atom is 0.0782 e. The molecule has 0 amide bonds. The predicted octanol–water partition coefficient (Wildman–Crippen LogP) is 6.69. The number of quaternary nitrogens is 1. The Labute approximate surface area is 203 Å². The van der Waals surface area contributed by atoms with Crippen LogP contribution in [-0.4, -0.2) is 31.7 Å². The summed E-state index contributed by atoms with van der Waals surface area (Å²) in [6.45, 7) is 7.37. The van der Waals surface area contributed by atoms with E-state index >= 15 is 0 Å². The average molecular weight is 491 g/mol. The molecule has 0 fully saturated rings. The van der Waals surface area contributed by atoms with Crippen LogP contribution in [0.3, 0.4) is 0 Å². The molecule has 0 aromatic carbocycles. The summed E-state index contributed by atoms with van der Waals surface area (Å²) in [5, 5.41) is 0. The predicted molar refractivity (Wildman–Crippen MR) is 135 cm³/mol. The second kappa shape index (κ2) is 25.7. The Kier molecular flexibility index (Phi) is 27.9. The highest BCUT2D eigenvalue weighted by Crippen LogP contribution is 2.14. The Morgan fingerprint density at radius 2 is 0.533 bits per heavy atom. The van der Waals surface area contributed by atoms with Crippen molar-refractivity contribution in [3.8, 4) is 0 Å². The van der Waals surface area contributed by atoms with Crippen LogP contribution in [0, 0.1) is 0 Å². The van der Waals surface area contributed by atoms with Crippen LogP contribution in [0.2, 0.25) is 0 Å². The molecule has 0 atom stereocenters. The molecule has 0 spiro atoms. The van der Waals surface area contributed by atoms with Gasteiger partial charge in [0, 0.05) is 0 Å². The molecule has 1 nitrogen and oxygen atoms in total. The van der Waals surface area contributed by atoms with Gasteiger partial charge in [-0.15, -0.1) is 0 Å². The highest BCUT2D eigenvalue weighted by atomic mass is 79.9.